The van der Waals surface area contributed by atoms with E-state index in [9.17, 15) is 13.2 Å². The molecular weight excluding hydrogens is 280 g/mol. The summed E-state index contributed by atoms with van der Waals surface area (Å²) in [7, 11) is -3.60. The highest BCUT2D eigenvalue weighted by molar-refractivity contribution is 7.89. The molecule has 0 atom stereocenters. The number of amides is 1. The predicted molar refractivity (Wildman–Crippen MR) is 75.8 cm³/mol. The summed E-state index contributed by atoms with van der Waals surface area (Å²) < 4.78 is 26.5. The summed E-state index contributed by atoms with van der Waals surface area (Å²) in [5.74, 6) is -0.303. The molecular formula is C13H20N2O4S. The summed E-state index contributed by atoms with van der Waals surface area (Å²) in [5, 5.41) is 11.0. The highest BCUT2D eigenvalue weighted by atomic mass is 32.2. The van der Waals surface area contributed by atoms with Crippen LogP contribution in [0.3, 0.4) is 0 Å². The Morgan fingerprint density at radius 2 is 1.95 bits per heavy atom. The number of carbonyl (C=O) groups excluding carboxylic acids is 1. The summed E-state index contributed by atoms with van der Waals surface area (Å²) in [6.07, 6.45) is 0.0319. The lowest BCUT2D eigenvalue weighted by atomic mass is 10.2. The molecule has 0 saturated heterocycles. The van der Waals surface area contributed by atoms with Crippen LogP contribution in [-0.2, 0) is 14.8 Å². The second-order valence-corrected chi connectivity index (χ2v) is 6.23. The molecule has 20 heavy (non-hydrogen) atoms. The number of aliphatic hydroxyl groups is 1. The predicted octanol–water partition coefficient (Wildman–Crippen LogP) is 0.0803. The van der Waals surface area contributed by atoms with Gasteiger partial charge in [-0.15, -0.1) is 0 Å². The van der Waals surface area contributed by atoms with Crippen LogP contribution in [0.25, 0.3) is 0 Å². The van der Waals surface area contributed by atoms with Gasteiger partial charge in [-0.25, -0.2) is 13.1 Å². The zero-order valence-electron chi connectivity index (χ0n) is 11.6. The van der Waals surface area contributed by atoms with Gasteiger partial charge in [-0.3, -0.25) is 4.79 Å². The molecule has 1 aromatic carbocycles. The van der Waals surface area contributed by atoms with E-state index in [1.807, 2.05) is 6.92 Å². The minimum Gasteiger partial charge on any atom is -0.395 e. The van der Waals surface area contributed by atoms with Crippen molar-refractivity contribution < 1.29 is 18.3 Å². The van der Waals surface area contributed by atoms with Crippen LogP contribution >= 0.6 is 0 Å². The lowest BCUT2D eigenvalue weighted by molar-refractivity contribution is -0.121. The number of rotatable bonds is 7. The van der Waals surface area contributed by atoms with E-state index in [2.05, 4.69) is 10.0 Å². The Labute approximate surface area is 119 Å². The quantitative estimate of drug-likeness (QED) is 0.664. The lowest BCUT2D eigenvalue weighted by Crippen LogP contribution is -2.32. The number of aliphatic hydroxyl groups excluding tert-OH is 1. The summed E-state index contributed by atoms with van der Waals surface area (Å²) in [4.78, 5) is 11.5. The van der Waals surface area contributed by atoms with Crippen LogP contribution in [0.2, 0.25) is 0 Å². The van der Waals surface area contributed by atoms with E-state index < -0.39 is 10.0 Å². The zero-order valence-corrected chi connectivity index (χ0v) is 12.5. The van der Waals surface area contributed by atoms with Crippen molar-refractivity contribution in [2.75, 3.05) is 19.7 Å². The summed E-state index contributed by atoms with van der Waals surface area (Å²) in [6, 6.07) is 5.08. The van der Waals surface area contributed by atoms with Crippen molar-refractivity contribution in [2.24, 2.45) is 0 Å². The third kappa shape index (κ3) is 4.92. The van der Waals surface area contributed by atoms with Crippen molar-refractivity contribution in [3.8, 4) is 0 Å². The van der Waals surface area contributed by atoms with Gasteiger partial charge in [0.05, 0.1) is 11.5 Å². The fourth-order valence-electron chi connectivity index (χ4n) is 1.76. The molecule has 0 bridgehead atoms. The zero-order chi connectivity index (χ0) is 15.2. The SMILES string of the molecule is Cc1ccc(S(=O)(=O)NCCC(=O)NCCO)c(C)c1. The van der Waals surface area contributed by atoms with Crippen LogP contribution in [0.4, 0.5) is 0 Å². The second kappa shape index (κ2) is 7.37. The Morgan fingerprint density at radius 1 is 1.25 bits per heavy atom. The van der Waals surface area contributed by atoms with E-state index in [0.29, 0.717) is 5.56 Å². The first-order valence-corrected chi connectivity index (χ1v) is 7.79. The highest BCUT2D eigenvalue weighted by Gasteiger charge is 2.16. The number of sulfonamides is 1. The van der Waals surface area contributed by atoms with E-state index >= 15 is 0 Å². The molecule has 1 amide bonds. The fraction of sp³-hybridized carbons (Fsp3) is 0.462. The van der Waals surface area contributed by atoms with Crippen LogP contribution in [0.5, 0.6) is 0 Å². The van der Waals surface area contributed by atoms with Crippen LogP contribution < -0.4 is 10.0 Å². The molecule has 0 fully saturated rings. The first-order chi connectivity index (χ1) is 9.36. The van der Waals surface area contributed by atoms with E-state index in [1.165, 1.54) is 0 Å². The molecule has 6 nitrogen and oxygen atoms in total. The van der Waals surface area contributed by atoms with Gasteiger partial charge in [0.15, 0.2) is 0 Å². The Morgan fingerprint density at radius 3 is 2.55 bits per heavy atom. The van der Waals surface area contributed by atoms with Crippen molar-refractivity contribution in [1.82, 2.24) is 10.0 Å². The molecule has 0 heterocycles. The molecule has 7 heteroatoms. The van der Waals surface area contributed by atoms with Gasteiger partial charge in [0, 0.05) is 19.5 Å². The maximum absolute atomic E-state index is 12.1. The lowest BCUT2D eigenvalue weighted by Gasteiger charge is -2.10. The van der Waals surface area contributed by atoms with Gasteiger partial charge in [0.1, 0.15) is 0 Å². The highest BCUT2D eigenvalue weighted by Crippen LogP contribution is 2.15. The fourth-order valence-corrected chi connectivity index (χ4v) is 3.02. The second-order valence-electron chi connectivity index (χ2n) is 4.49. The van der Waals surface area contributed by atoms with Crippen molar-refractivity contribution >= 4 is 15.9 Å². The Bertz CT molecular complexity index is 570. The van der Waals surface area contributed by atoms with E-state index in [-0.39, 0.29) is 36.9 Å². The van der Waals surface area contributed by atoms with Crippen LogP contribution in [0.1, 0.15) is 17.5 Å². The Hall–Kier alpha value is -1.44. The molecule has 1 rings (SSSR count). The maximum Gasteiger partial charge on any atom is 0.240 e. The van der Waals surface area contributed by atoms with Crippen molar-refractivity contribution in [3.05, 3.63) is 29.3 Å². The smallest absolute Gasteiger partial charge is 0.240 e. The first-order valence-electron chi connectivity index (χ1n) is 6.31. The van der Waals surface area contributed by atoms with Gasteiger partial charge in [-0.1, -0.05) is 17.7 Å². The van der Waals surface area contributed by atoms with Gasteiger partial charge < -0.3 is 10.4 Å². The van der Waals surface area contributed by atoms with E-state index in [4.69, 9.17) is 5.11 Å². The average Bonchev–Trinajstić information content (AvgIpc) is 2.35. The largest absolute Gasteiger partial charge is 0.395 e. The maximum atomic E-state index is 12.1. The number of aryl methyl sites for hydroxylation is 2. The topological polar surface area (TPSA) is 95.5 Å². The summed E-state index contributed by atoms with van der Waals surface area (Å²) in [5.41, 5.74) is 1.66. The number of hydrogen-bond donors (Lipinski definition) is 3. The first kappa shape index (κ1) is 16.6. The van der Waals surface area contributed by atoms with Crippen LogP contribution in [0, 0.1) is 13.8 Å². The molecule has 0 aliphatic carbocycles. The minimum absolute atomic E-state index is 0.0207. The number of nitrogens with one attached hydrogen (secondary N) is 2. The monoisotopic (exact) mass is 300 g/mol. The van der Waals surface area contributed by atoms with Crippen molar-refractivity contribution in [2.45, 2.75) is 25.2 Å². The third-order valence-corrected chi connectivity index (χ3v) is 4.32. The van der Waals surface area contributed by atoms with E-state index in [0.717, 1.165) is 5.56 Å². The average molecular weight is 300 g/mol. The molecule has 1 aromatic rings. The normalized spacial score (nSPS) is 11.3. The molecule has 0 aliphatic rings. The molecule has 112 valence electrons. The van der Waals surface area contributed by atoms with Crippen LogP contribution in [-0.4, -0.2) is 39.1 Å². The molecule has 3 N–H and O–H groups in total. The molecule has 0 aliphatic heterocycles. The minimum atomic E-state index is -3.60. The standard InChI is InChI=1S/C13H20N2O4S/c1-10-3-4-12(11(2)9-10)20(18,19)15-6-5-13(17)14-7-8-16/h3-4,9,15-16H,5-8H2,1-2H3,(H,14,17). The van der Waals surface area contributed by atoms with Gasteiger partial charge in [-0.2, -0.15) is 0 Å². The molecule has 0 aromatic heterocycles. The van der Waals surface area contributed by atoms with Gasteiger partial charge in [0.25, 0.3) is 0 Å². The van der Waals surface area contributed by atoms with Crippen LogP contribution in [0.15, 0.2) is 23.1 Å². The number of hydrogen-bond acceptors (Lipinski definition) is 4. The third-order valence-electron chi connectivity index (χ3n) is 2.70. The van der Waals surface area contributed by atoms with Crippen molar-refractivity contribution in [3.63, 3.8) is 0 Å². The summed E-state index contributed by atoms with van der Waals surface area (Å²) in [6.45, 7) is 3.67. The molecule has 0 spiro atoms. The molecule has 0 radical (unpaired) electrons. The Kier molecular flexibility index (Phi) is 6.12. The van der Waals surface area contributed by atoms with Crippen molar-refractivity contribution in [1.29, 1.82) is 0 Å². The number of benzene rings is 1. The summed E-state index contributed by atoms with van der Waals surface area (Å²) >= 11 is 0. The molecule has 0 saturated carbocycles. The van der Waals surface area contributed by atoms with Gasteiger partial charge in [-0.05, 0) is 25.5 Å². The van der Waals surface area contributed by atoms with E-state index in [1.54, 1.807) is 25.1 Å². The Balaban J connectivity index is 2.60. The van der Waals surface area contributed by atoms with Gasteiger partial charge >= 0.3 is 0 Å². The van der Waals surface area contributed by atoms with Gasteiger partial charge in [0.2, 0.25) is 15.9 Å². The number of carbonyl (C=O) groups is 1. The molecule has 0 unspecified atom stereocenters.